The van der Waals surface area contributed by atoms with Gasteiger partial charge in [-0.1, -0.05) is 20.8 Å². The normalized spacial score (nSPS) is 30.0. The van der Waals surface area contributed by atoms with Gasteiger partial charge in [0.1, 0.15) is 24.4 Å². The molecule has 0 radical (unpaired) electrons. The molecule has 1 rings (SSSR count). The van der Waals surface area contributed by atoms with Gasteiger partial charge in [-0.15, -0.1) is 0 Å². The molecule has 146 valence electrons. The first-order chi connectivity index (χ1) is 11.5. The smallest absolute Gasteiger partial charge is 0.220 e. The van der Waals surface area contributed by atoms with Crippen molar-refractivity contribution in [3.63, 3.8) is 0 Å². The molecule has 0 bridgehead atoms. The Morgan fingerprint density at radius 2 is 1.84 bits per heavy atom. The molecule has 5 atom stereocenters. The Bertz CT molecular complexity index is 452. The third-order valence-electron chi connectivity index (χ3n) is 3.65. The van der Waals surface area contributed by atoms with Crippen LogP contribution in [0.1, 0.15) is 34.1 Å². The fourth-order valence-electron chi connectivity index (χ4n) is 2.52. The number of aliphatic hydroxyl groups is 3. The predicted octanol–water partition coefficient (Wildman–Crippen LogP) is -1.50. The lowest BCUT2D eigenvalue weighted by Gasteiger charge is -2.42. The molecule has 0 aliphatic carbocycles. The molecule has 1 aliphatic heterocycles. The molecule has 1 aliphatic rings. The highest BCUT2D eigenvalue weighted by atomic mass is 16.7. The van der Waals surface area contributed by atoms with Gasteiger partial charge in [0.25, 0.3) is 0 Å². The summed E-state index contributed by atoms with van der Waals surface area (Å²) < 4.78 is 10.9. The van der Waals surface area contributed by atoms with Gasteiger partial charge in [0.2, 0.25) is 11.8 Å². The Morgan fingerprint density at radius 3 is 2.36 bits per heavy atom. The topological polar surface area (TPSA) is 137 Å². The van der Waals surface area contributed by atoms with Crippen molar-refractivity contribution in [3.05, 3.63) is 0 Å². The number of rotatable bonds is 7. The van der Waals surface area contributed by atoms with Gasteiger partial charge >= 0.3 is 0 Å². The first-order valence-corrected chi connectivity index (χ1v) is 8.33. The molecule has 0 aromatic carbocycles. The van der Waals surface area contributed by atoms with E-state index in [2.05, 4.69) is 10.6 Å². The van der Waals surface area contributed by atoms with Crippen molar-refractivity contribution in [1.29, 1.82) is 0 Å². The monoisotopic (exact) mass is 362 g/mol. The lowest BCUT2D eigenvalue weighted by atomic mass is 9.92. The van der Waals surface area contributed by atoms with Crippen molar-refractivity contribution in [1.82, 2.24) is 10.6 Å². The molecule has 0 spiro atoms. The minimum Gasteiger partial charge on any atom is -0.394 e. The van der Waals surface area contributed by atoms with E-state index in [0.29, 0.717) is 6.42 Å². The zero-order valence-corrected chi connectivity index (χ0v) is 15.2. The molecule has 3 unspecified atom stereocenters. The summed E-state index contributed by atoms with van der Waals surface area (Å²) in [5.74, 6) is -0.530. The second-order valence-corrected chi connectivity index (χ2v) is 7.39. The van der Waals surface area contributed by atoms with Crippen LogP contribution in [0.2, 0.25) is 0 Å². The van der Waals surface area contributed by atoms with Crippen LogP contribution >= 0.6 is 0 Å². The average Bonchev–Trinajstić information content (AvgIpc) is 2.48. The van der Waals surface area contributed by atoms with Crippen molar-refractivity contribution in [2.45, 2.75) is 64.8 Å². The number of hydrogen-bond donors (Lipinski definition) is 5. The summed E-state index contributed by atoms with van der Waals surface area (Å²) in [6, 6.07) is -0.986. The Morgan fingerprint density at radius 1 is 1.20 bits per heavy atom. The summed E-state index contributed by atoms with van der Waals surface area (Å²) in [6.45, 7) is 6.94. The first kappa shape index (κ1) is 21.8. The number of ether oxygens (including phenoxy) is 2. The fraction of sp³-hybridized carbons (Fsp3) is 0.875. The Labute approximate surface area is 147 Å². The first-order valence-electron chi connectivity index (χ1n) is 8.33. The summed E-state index contributed by atoms with van der Waals surface area (Å²) in [5.41, 5.74) is -0.123. The number of carbonyl (C=O) groups is 2. The lowest BCUT2D eigenvalue weighted by Crippen LogP contribution is -2.64. The van der Waals surface area contributed by atoms with Gasteiger partial charge in [-0.25, -0.2) is 0 Å². The minimum absolute atomic E-state index is 0.0810. The zero-order chi connectivity index (χ0) is 19.2. The minimum atomic E-state index is -1.35. The van der Waals surface area contributed by atoms with E-state index in [1.807, 2.05) is 20.8 Å². The number of carbonyl (C=O) groups excluding carboxylic acids is 2. The number of amides is 2. The third-order valence-corrected chi connectivity index (χ3v) is 3.65. The molecule has 1 heterocycles. The van der Waals surface area contributed by atoms with Crippen LogP contribution in [0.4, 0.5) is 0 Å². The van der Waals surface area contributed by atoms with Gasteiger partial charge < -0.3 is 35.4 Å². The van der Waals surface area contributed by atoms with Crippen LogP contribution in [0.5, 0.6) is 0 Å². The van der Waals surface area contributed by atoms with Crippen molar-refractivity contribution in [3.8, 4) is 0 Å². The van der Waals surface area contributed by atoms with E-state index in [0.717, 1.165) is 0 Å². The summed E-state index contributed by atoms with van der Waals surface area (Å²) in [7, 11) is 0. The molecular formula is C16H30N2O7. The molecule has 1 saturated heterocycles. The summed E-state index contributed by atoms with van der Waals surface area (Å²) in [4.78, 5) is 23.0. The standard InChI is InChI=1S/C16H30N2O7/c1-9(20)18-12-14(23)13(22)10(8-19)25-15(12)24-6-5-17-11(21)7-16(2,3)4/h10,12-15,19,22-23H,5-8H2,1-4H3,(H,17,21)(H,18,20)/t10?,12-,13+,14?,15?/m0/s1. The summed E-state index contributed by atoms with van der Waals surface area (Å²) >= 11 is 0. The number of hydrogen-bond acceptors (Lipinski definition) is 7. The maximum Gasteiger partial charge on any atom is 0.220 e. The van der Waals surface area contributed by atoms with Gasteiger partial charge in [-0.3, -0.25) is 9.59 Å². The van der Waals surface area contributed by atoms with Crippen molar-refractivity contribution < 1.29 is 34.4 Å². The number of aliphatic hydroxyl groups excluding tert-OH is 3. The van der Waals surface area contributed by atoms with E-state index in [9.17, 15) is 24.9 Å². The van der Waals surface area contributed by atoms with Crippen LogP contribution in [0, 0.1) is 5.41 Å². The molecule has 0 saturated carbocycles. The Balaban J connectivity index is 2.54. The SMILES string of the molecule is CC(=O)N[C@@H]1C(OCCNC(=O)CC(C)(C)C)OC(CO)[C@@H](O)C1O. The van der Waals surface area contributed by atoms with Gasteiger partial charge in [0.05, 0.1) is 13.2 Å². The third kappa shape index (κ3) is 7.25. The molecule has 0 aromatic heterocycles. The van der Waals surface area contributed by atoms with E-state index in [4.69, 9.17) is 9.47 Å². The molecule has 5 N–H and O–H groups in total. The maximum atomic E-state index is 11.8. The van der Waals surface area contributed by atoms with Crippen molar-refractivity contribution in [2.24, 2.45) is 5.41 Å². The lowest BCUT2D eigenvalue weighted by molar-refractivity contribution is -0.269. The molecule has 9 heteroatoms. The summed E-state index contributed by atoms with van der Waals surface area (Å²) in [5, 5.41) is 34.4. The van der Waals surface area contributed by atoms with E-state index in [-0.39, 0.29) is 24.5 Å². The van der Waals surface area contributed by atoms with Crippen LogP contribution in [0.25, 0.3) is 0 Å². The van der Waals surface area contributed by atoms with Gasteiger partial charge in [0, 0.05) is 19.9 Å². The molecule has 2 amide bonds. The maximum absolute atomic E-state index is 11.8. The molecule has 1 fully saturated rings. The van der Waals surface area contributed by atoms with Crippen molar-refractivity contribution in [2.75, 3.05) is 19.8 Å². The van der Waals surface area contributed by atoms with E-state index in [1.165, 1.54) is 6.92 Å². The Kier molecular flexibility index (Phi) is 8.23. The Hall–Kier alpha value is -1.26. The highest BCUT2D eigenvalue weighted by Gasteiger charge is 2.45. The molecular weight excluding hydrogens is 332 g/mol. The summed E-state index contributed by atoms with van der Waals surface area (Å²) in [6.07, 6.45) is -4.42. The largest absolute Gasteiger partial charge is 0.394 e. The van der Waals surface area contributed by atoms with E-state index >= 15 is 0 Å². The van der Waals surface area contributed by atoms with Gasteiger partial charge in [-0.2, -0.15) is 0 Å². The second-order valence-electron chi connectivity index (χ2n) is 7.39. The fourth-order valence-corrected chi connectivity index (χ4v) is 2.52. The molecule has 0 aromatic rings. The average molecular weight is 362 g/mol. The predicted molar refractivity (Wildman–Crippen MR) is 88.4 cm³/mol. The van der Waals surface area contributed by atoms with E-state index in [1.54, 1.807) is 0 Å². The molecule has 9 nitrogen and oxygen atoms in total. The highest BCUT2D eigenvalue weighted by Crippen LogP contribution is 2.22. The van der Waals surface area contributed by atoms with Crippen LogP contribution in [-0.2, 0) is 19.1 Å². The second kappa shape index (κ2) is 9.44. The van der Waals surface area contributed by atoms with E-state index < -0.39 is 43.2 Å². The zero-order valence-electron chi connectivity index (χ0n) is 15.2. The van der Waals surface area contributed by atoms with Crippen LogP contribution < -0.4 is 10.6 Å². The molecule has 25 heavy (non-hydrogen) atoms. The number of nitrogens with one attached hydrogen (secondary N) is 2. The van der Waals surface area contributed by atoms with Gasteiger partial charge in [-0.05, 0) is 5.41 Å². The highest BCUT2D eigenvalue weighted by molar-refractivity contribution is 5.76. The van der Waals surface area contributed by atoms with Crippen LogP contribution in [0.15, 0.2) is 0 Å². The quantitative estimate of drug-likeness (QED) is 0.348. The van der Waals surface area contributed by atoms with Crippen LogP contribution in [0.3, 0.4) is 0 Å². The van der Waals surface area contributed by atoms with Crippen molar-refractivity contribution >= 4 is 11.8 Å². The van der Waals surface area contributed by atoms with Gasteiger partial charge in [0.15, 0.2) is 6.29 Å². The van der Waals surface area contributed by atoms with Crippen LogP contribution in [-0.4, -0.2) is 77.5 Å².